The highest BCUT2D eigenvalue weighted by atomic mass is 32.1. The molecule has 2 aromatic heterocycles. The van der Waals surface area contributed by atoms with Crippen LogP contribution in [-0.2, 0) is 22.4 Å². The number of nitrogens with zero attached hydrogens (tertiary/aromatic N) is 1. The highest BCUT2D eigenvalue weighted by Gasteiger charge is 2.25. The van der Waals surface area contributed by atoms with Crippen LogP contribution in [0.2, 0.25) is 0 Å². The molecule has 7 heteroatoms. The van der Waals surface area contributed by atoms with Crippen LogP contribution in [0.25, 0.3) is 11.0 Å². The SMILES string of the molecule is C[C@@H]1CCc2c(sc(NC(=O)COC(=O)c3cc4ccccc4o3)c2C#N)C1. The number of esters is 1. The fraction of sp³-hybridized carbons (Fsp3) is 0.286. The smallest absolute Gasteiger partial charge is 0.374 e. The van der Waals surface area contributed by atoms with Crippen LogP contribution in [0.1, 0.15) is 39.9 Å². The van der Waals surface area contributed by atoms with Gasteiger partial charge < -0.3 is 14.5 Å². The molecule has 1 aliphatic rings. The molecule has 0 spiro atoms. The number of hydrogen-bond acceptors (Lipinski definition) is 6. The van der Waals surface area contributed by atoms with E-state index in [0.29, 0.717) is 22.1 Å². The number of furan rings is 1. The Morgan fingerprint density at radius 2 is 2.21 bits per heavy atom. The number of anilines is 1. The van der Waals surface area contributed by atoms with Gasteiger partial charge >= 0.3 is 5.97 Å². The van der Waals surface area contributed by atoms with Crippen LogP contribution in [0, 0.1) is 17.2 Å². The average Bonchev–Trinajstić information content (AvgIpc) is 3.26. The number of nitriles is 1. The first-order valence-corrected chi connectivity index (χ1v) is 9.87. The number of rotatable bonds is 4. The van der Waals surface area contributed by atoms with Crippen LogP contribution in [0.4, 0.5) is 5.00 Å². The summed E-state index contributed by atoms with van der Waals surface area (Å²) >= 11 is 1.44. The molecule has 0 aliphatic heterocycles. The van der Waals surface area contributed by atoms with Gasteiger partial charge in [0.25, 0.3) is 5.91 Å². The molecule has 2 heterocycles. The third kappa shape index (κ3) is 3.51. The molecule has 3 aromatic rings. The van der Waals surface area contributed by atoms with Crippen molar-refractivity contribution in [2.45, 2.75) is 26.2 Å². The van der Waals surface area contributed by atoms with Crippen LogP contribution in [0.3, 0.4) is 0 Å². The van der Waals surface area contributed by atoms with Crippen LogP contribution in [-0.4, -0.2) is 18.5 Å². The molecular formula is C21H18N2O4S. The minimum atomic E-state index is -0.703. The van der Waals surface area contributed by atoms with Crippen molar-refractivity contribution in [3.05, 3.63) is 52.1 Å². The van der Waals surface area contributed by atoms with Crippen molar-refractivity contribution in [2.75, 3.05) is 11.9 Å². The summed E-state index contributed by atoms with van der Waals surface area (Å²) < 4.78 is 10.5. The van der Waals surface area contributed by atoms with Crippen molar-refractivity contribution < 1.29 is 18.7 Å². The second kappa shape index (κ2) is 7.49. The standard InChI is InChI=1S/C21H18N2O4S/c1-12-6-7-14-15(10-22)20(28-18(14)8-12)23-19(24)11-26-21(25)17-9-13-4-2-3-5-16(13)27-17/h2-5,9,12H,6-8,11H2,1H3,(H,23,24)/t12-/m1/s1. The first-order valence-electron chi connectivity index (χ1n) is 9.05. The largest absolute Gasteiger partial charge is 0.450 e. The van der Waals surface area contributed by atoms with Crippen molar-refractivity contribution in [2.24, 2.45) is 5.92 Å². The zero-order chi connectivity index (χ0) is 19.7. The summed E-state index contributed by atoms with van der Waals surface area (Å²) in [5.41, 5.74) is 2.15. The van der Waals surface area contributed by atoms with Gasteiger partial charge in [0.1, 0.15) is 16.7 Å². The summed E-state index contributed by atoms with van der Waals surface area (Å²) in [6.07, 6.45) is 2.82. The summed E-state index contributed by atoms with van der Waals surface area (Å²) in [6, 6.07) is 11.0. The number of fused-ring (bicyclic) bond motifs is 2. The van der Waals surface area contributed by atoms with Gasteiger partial charge in [0.15, 0.2) is 6.61 Å². The van der Waals surface area contributed by atoms with E-state index in [0.717, 1.165) is 35.1 Å². The quantitative estimate of drug-likeness (QED) is 0.667. The number of ether oxygens (including phenoxy) is 1. The molecule has 0 radical (unpaired) electrons. The minimum absolute atomic E-state index is 0.0484. The molecule has 6 nitrogen and oxygen atoms in total. The van der Waals surface area contributed by atoms with Crippen molar-refractivity contribution >= 4 is 39.2 Å². The van der Waals surface area contributed by atoms with Crippen LogP contribution in [0.15, 0.2) is 34.7 Å². The fourth-order valence-electron chi connectivity index (χ4n) is 3.40. The molecule has 28 heavy (non-hydrogen) atoms. The van der Waals surface area contributed by atoms with E-state index in [9.17, 15) is 14.9 Å². The lowest BCUT2D eigenvalue weighted by atomic mass is 9.89. The summed E-state index contributed by atoms with van der Waals surface area (Å²) in [6.45, 7) is 1.74. The number of hydrogen-bond donors (Lipinski definition) is 1. The molecule has 0 fully saturated rings. The van der Waals surface area contributed by atoms with E-state index in [4.69, 9.17) is 9.15 Å². The predicted octanol–water partition coefficient (Wildman–Crippen LogP) is 4.29. The molecule has 1 aromatic carbocycles. The van der Waals surface area contributed by atoms with Gasteiger partial charge in [-0.1, -0.05) is 25.1 Å². The van der Waals surface area contributed by atoms with E-state index >= 15 is 0 Å². The van der Waals surface area contributed by atoms with E-state index in [2.05, 4.69) is 18.3 Å². The molecule has 1 amide bonds. The Morgan fingerprint density at radius 3 is 3.00 bits per heavy atom. The number of thiophene rings is 1. The monoisotopic (exact) mass is 394 g/mol. The predicted molar refractivity (Wildman–Crippen MR) is 105 cm³/mol. The third-order valence-corrected chi connectivity index (χ3v) is 6.01. The van der Waals surface area contributed by atoms with Crippen molar-refractivity contribution in [1.82, 2.24) is 0 Å². The number of nitrogens with one attached hydrogen (secondary N) is 1. The second-order valence-corrected chi connectivity index (χ2v) is 8.05. The third-order valence-electron chi connectivity index (χ3n) is 4.84. The lowest BCUT2D eigenvalue weighted by Crippen LogP contribution is -2.20. The first-order chi connectivity index (χ1) is 13.5. The number of carbonyl (C=O) groups is 2. The number of para-hydroxylation sites is 1. The summed E-state index contributed by atoms with van der Waals surface area (Å²) in [5.74, 6) is -0.558. The zero-order valence-corrected chi connectivity index (χ0v) is 16.1. The van der Waals surface area contributed by atoms with Crippen molar-refractivity contribution in [1.29, 1.82) is 5.26 Å². The second-order valence-electron chi connectivity index (χ2n) is 6.94. The zero-order valence-electron chi connectivity index (χ0n) is 15.3. The molecule has 0 unspecified atom stereocenters. The van der Waals surface area contributed by atoms with E-state index in [1.165, 1.54) is 11.3 Å². The number of carbonyl (C=O) groups excluding carboxylic acids is 2. The van der Waals surface area contributed by atoms with Crippen LogP contribution >= 0.6 is 11.3 Å². The van der Waals surface area contributed by atoms with Gasteiger partial charge in [0.05, 0.1) is 5.56 Å². The number of amides is 1. The maximum atomic E-state index is 12.2. The molecule has 0 bridgehead atoms. The van der Waals surface area contributed by atoms with Gasteiger partial charge in [-0.2, -0.15) is 5.26 Å². The van der Waals surface area contributed by atoms with E-state index in [1.54, 1.807) is 12.1 Å². The average molecular weight is 394 g/mol. The van der Waals surface area contributed by atoms with Gasteiger partial charge in [0, 0.05) is 10.3 Å². The van der Waals surface area contributed by atoms with Crippen LogP contribution in [0.5, 0.6) is 0 Å². The lowest BCUT2D eigenvalue weighted by molar-refractivity contribution is -0.119. The Kier molecular flexibility index (Phi) is 4.88. The van der Waals surface area contributed by atoms with E-state index < -0.39 is 18.5 Å². The molecule has 1 N–H and O–H groups in total. The topological polar surface area (TPSA) is 92.3 Å². The van der Waals surface area contributed by atoms with Crippen molar-refractivity contribution in [3.63, 3.8) is 0 Å². The van der Waals surface area contributed by atoms with Gasteiger partial charge in [0.2, 0.25) is 5.76 Å². The molecule has 142 valence electrons. The van der Waals surface area contributed by atoms with Crippen LogP contribution < -0.4 is 5.32 Å². The van der Waals surface area contributed by atoms with Crippen molar-refractivity contribution in [3.8, 4) is 6.07 Å². The van der Waals surface area contributed by atoms with Gasteiger partial charge in [-0.05, 0) is 42.9 Å². The highest BCUT2D eigenvalue weighted by molar-refractivity contribution is 7.16. The molecule has 0 saturated heterocycles. The first kappa shape index (κ1) is 18.3. The minimum Gasteiger partial charge on any atom is -0.450 e. The fourth-order valence-corrected chi connectivity index (χ4v) is 4.78. The maximum absolute atomic E-state index is 12.2. The van der Waals surface area contributed by atoms with Gasteiger partial charge in [-0.25, -0.2) is 4.79 Å². The molecule has 1 aliphatic carbocycles. The Balaban J connectivity index is 1.41. The summed E-state index contributed by atoms with van der Waals surface area (Å²) in [7, 11) is 0. The summed E-state index contributed by atoms with van der Waals surface area (Å²) in [4.78, 5) is 25.5. The summed E-state index contributed by atoms with van der Waals surface area (Å²) in [5, 5.41) is 13.5. The number of benzene rings is 1. The molecule has 4 rings (SSSR count). The maximum Gasteiger partial charge on any atom is 0.374 e. The lowest BCUT2D eigenvalue weighted by Gasteiger charge is -2.17. The highest BCUT2D eigenvalue weighted by Crippen LogP contribution is 2.39. The Labute approximate surface area is 165 Å². The molecule has 1 atom stereocenters. The van der Waals surface area contributed by atoms with Gasteiger partial charge in [-0.3, -0.25) is 4.79 Å². The van der Waals surface area contributed by atoms with E-state index in [-0.39, 0.29) is 5.76 Å². The Hall–Kier alpha value is -3.11. The molecule has 0 saturated carbocycles. The van der Waals surface area contributed by atoms with Gasteiger partial charge in [-0.15, -0.1) is 11.3 Å². The Morgan fingerprint density at radius 1 is 1.39 bits per heavy atom. The van der Waals surface area contributed by atoms with E-state index in [1.807, 2.05) is 18.2 Å². The molecular weight excluding hydrogens is 376 g/mol. The normalized spacial score (nSPS) is 15.6. The Bertz CT molecular complexity index is 1070.